The number of hydrogen-bond donors (Lipinski definition) is 1. The highest BCUT2D eigenvalue weighted by atomic mass is 16.2. The minimum Gasteiger partial charge on any atom is -0.327 e. The van der Waals surface area contributed by atoms with Gasteiger partial charge in [-0.25, -0.2) is 0 Å². The Kier molecular flexibility index (Phi) is 4.65. The number of nitrogens with one attached hydrogen (secondary N) is 1. The summed E-state index contributed by atoms with van der Waals surface area (Å²) < 4.78 is 0. The minimum absolute atomic E-state index is 0.0359. The van der Waals surface area contributed by atoms with E-state index in [9.17, 15) is 9.59 Å². The number of anilines is 1. The lowest BCUT2D eigenvalue weighted by molar-refractivity contribution is -0.145. The maximum atomic E-state index is 12.7. The van der Waals surface area contributed by atoms with E-state index in [0.717, 1.165) is 24.0 Å². The molecule has 2 aromatic carbocycles. The summed E-state index contributed by atoms with van der Waals surface area (Å²) in [4.78, 5) is 26.7. The van der Waals surface area contributed by atoms with Gasteiger partial charge in [-0.2, -0.15) is 0 Å². The first-order chi connectivity index (χ1) is 11.6. The van der Waals surface area contributed by atoms with Crippen molar-refractivity contribution in [1.29, 1.82) is 0 Å². The van der Waals surface area contributed by atoms with Crippen LogP contribution in [0.5, 0.6) is 0 Å². The van der Waals surface area contributed by atoms with E-state index in [1.807, 2.05) is 50.2 Å². The van der Waals surface area contributed by atoms with Crippen molar-refractivity contribution < 1.29 is 9.59 Å². The molecule has 1 atom stereocenters. The number of nitrogens with zero attached hydrogens (tertiary/aromatic N) is 1. The molecule has 124 valence electrons. The van der Waals surface area contributed by atoms with Gasteiger partial charge in [0, 0.05) is 12.2 Å². The Morgan fingerprint density at radius 1 is 1.12 bits per heavy atom. The standard InChI is InChI=1S/C20H22N2O2/c1-3-18-17-7-5-4-6-15(17)12-13-22(18)20(24)19(23)21-16-10-8-14(2)9-11-16/h4-11,18H,3,12-13H2,1-2H3,(H,21,23). The molecule has 1 heterocycles. The average molecular weight is 322 g/mol. The molecule has 0 spiro atoms. The largest absolute Gasteiger partial charge is 0.327 e. The Morgan fingerprint density at radius 2 is 1.83 bits per heavy atom. The highest BCUT2D eigenvalue weighted by Gasteiger charge is 2.32. The molecule has 1 aliphatic heterocycles. The number of fused-ring (bicyclic) bond motifs is 1. The van der Waals surface area contributed by atoms with E-state index >= 15 is 0 Å². The maximum Gasteiger partial charge on any atom is 0.313 e. The van der Waals surface area contributed by atoms with Gasteiger partial charge in [0.15, 0.2) is 0 Å². The average Bonchev–Trinajstić information content (AvgIpc) is 2.62. The molecule has 0 fully saturated rings. The van der Waals surface area contributed by atoms with Crippen LogP contribution >= 0.6 is 0 Å². The molecule has 0 saturated heterocycles. The van der Waals surface area contributed by atoms with Crippen molar-refractivity contribution in [1.82, 2.24) is 4.90 Å². The van der Waals surface area contributed by atoms with E-state index in [2.05, 4.69) is 17.4 Å². The van der Waals surface area contributed by atoms with Gasteiger partial charge in [0.2, 0.25) is 0 Å². The number of carbonyl (C=O) groups excluding carboxylic acids is 2. The Labute approximate surface area is 142 Å². The van der Waals surface area contributed by atoms with Crippen LogP contribution in [0.1, 0.15) is 36.1 Å². The van der Waals surface area contributed by atoms with E-state index in [-0.39, 0.29) is 6.04 Å². The predicted molar refractivity (Wildman–Crippen MR) is 94.7 cm³/mol. The molecule has 1 aliphatic rings. The summed E-state index contributed by atoms with van der Waals surface area (Å²) in [7, 11) is 0. The molecule has 2 aromatic rings. The first-order valence-electron chi connectivity index (χ1n) is 8.36. The molecule has 24 heavy (non-hydrogen) atoms. The molecule has 0 saturated carbocycles. The highest BCUT2D eigenvalue weighted by Crippen LogP contribution is 2.32. The Balaban J connectivity index is 1.76. The minimum atomic E-state index is -0.573. The molecule has 4 heteroatoms. The number of amides is 2. The van der Waals surface area contributed by atoms with Crippen LogP contribution in [0.15, 0.2) is 48.5 Å². The molecular weight excluding hydrogens is 300 g/mol. The van der Waals surface area contributed by atoms with E-state index < -0.39 is 11.8 Å². The zero-order valence-corrected chi connectivity index (χ0v) is 14.1. The Bertz CT molecular complexity index is 752. The molecule has 1 N–H and O–H groups in total. The van der Waals surface area contributed by atoms with Gasteiger partial charge >= 0.3 is 11.8 Å². The zero-order valence-electron chi connectivity index (χ0n) is 14.1. The quantitative estimate of drug-likeness (QED) is 0.861. The number of carbonyl (C=O) groups is 2. The lowest BCUT2D eigenvalue weighted by atomic mass is 9.91. The van der Waals surface area contributed by atoms with E-state index in [0.29, 0.717) is 12.2 Å². The Hall–Kier alpha value is -2.62. The molecule has 0 aliphatic carbocycles. The summed E-state index contributed by atoms with van der Waals surface area (Å²) in [6.45, 7) is 4.61. The van der Waals surface area contributed by atoms with Crippen molar-refractivity contribution in [2.45, 2.75) is 32.7 Å². The van der Waals surface area contributed by atoms with Crippen LogP contribution in [-0.4, -0.2) is 23.3 Å². The topological polar surface area (TPSA) is 49.4 Å². The Morgan fingerprint density at radius 3 is 2.54 bits per heavy atom. The fourth-order valence-corrected chi connectivity index (χ4v) is 3.29. The SMILES string of the molecule is CCC1c2ccccc2CCN1C(=O)C(=O)Nc1ccc(C)cc1. The van der Waals surface area contributed by atoms with Crippen molar-refractivity contribution in [2.24, 2.45) is 0 Å². The predicted octanol–water partition coefficient (Wildman–Crippen LogP) is 3.47. The molecule has 3 rings (SSSR count). The monoisotopic (exact) mass is 322 g/mol. The molecule has 0 radical (unpaired) electrons. The summed E-state index contributed by atoms with van der Waals surface area (Å²) in [6, 6.07) is 15.6. The fraction of sp³-hybridized carbons (Fsp3) is 0.300. The van der Waals surface area contributed by atoms with Crippen LogP contribution in [-0.2, 0) is 16.0 Å². The van der Waals surface area contributed by atoms with Gasteiger partial charge in [-0.15, -0.1) is 0 Å². The number of aryl methyl sites for hydroxylation is 1. The second-order valence-electron chi connectivity index (χ2n) is 6.19. The molecular formula is C20H22N2O2. The van der Waals surface area contributed by atoms with Crippen LogP contribution in [0, 0.1) is 6.92 Å². The van der Waals surface area contributed by atoms with Gasteiger partial charge in [0.25, 0.3) is 0 Å². The van der Waals surface area contributed by atoms with E-state index in [1.165, 1.54) is 5.56 Å². The van der Waals surface area contributed by atoms with Crippen molar-refractivity contribution >= 4 is 17.5 Å². The van der Waals surface area contributed by atoms with Crippen LogP contribution in [0.3, 0.4) is 0 Å². The van der Waals surface area contributed by atoms with Gasteiger partial charge < -0.3 is 10.2 Å². The maximum absolute atomic E-state index is 12.7. The van der Waals surface area contributed by atoms with Crippen LogP contribution < -0.4 is 5.32 Å². The summed E-state index contributed by atoms with van der Waals surface area (Å²) in [5.74, 6) is -1.03. The number of rotatable bonds is 2. The van der Waals surface area contributed by atoms with Gasteiger partial charge in [-0.05, 0) is 43.0 Å². The van der Waals surface area contributed by atoms with Crippen LogP contribution in [0.25, 0.3) is 0 Å². The molecule has 2 amide bonds. The summed E-state index contributed by atoms with van der Waals surface area (Å²) >= 11 is 0. The summed E-state index contributed by atoms with van der Waals surface area (Å²) in [6.07, 6.45) is 1.58. The first-order valence-corrected chi connectivity index (χ1v) is 8.36. The van der Waals surface area contributed by atoms with Crippen molar-refractivity contribution in [3.8, 4) is 0 Å². The van der Waals surface area contributed by atoms with E-state index in [1.54, 1.807) is 4.90 Å². The van der Waals surface area contributed by atoms with Crippen LogP contribution in [0.4, 0.5) is 5.69 Å². The van der Waals surface area contributed by atoms with Gasteiger partial charge in [-0.3, -0.25) is 9.59 Å². The van der Waals surface area contributed by atoms with Crippen molar-refractivity contribution in [3.05, 3.63) is 65.2 Å². The third-order valence-corrected chi connectivity index (χ3v) is 4.56. The van der Waals surface area contributed by atoms with E-state index in [4.69, 9.17) is 0 Å². The normalized spacial score (nSPS) is 16.4. The smallest absolute Gasteiger partial charge is 0.313 e. The lowest BCUT2D eigenvalue weighted by Crippen LogP contribution is -2.45. The van der Waals surface area contributed by atoms with Gasteiger partial charge in [0.05, 0.1) is 6.04 Å². The highest BCUT2D eigenvalue weighted by molar-refractivity contribution is 6.39. The molecule has 0 aromatic heterocycles. The number of hydrogen-bond acceptors (Lipinski definition) is 2. The molecule has 4 nitrogen and oxygen atoms in total. The van der Waals surface area contributed by atoms with Crippen molar-refractivity contribution in [2.75, 3.05) is 11.9 Å². The second kappa shape index (κ2) is 6.87. The van der Waals surface area contributed by atoms with Gasteiger partial charge in [-0.1, -0.05) is 48.9 Å². The summed E-state index contributed by atoms with van der Waals surface area (Å²) in [5, 5.41) is 2.70. The van der Waals surface area contributed by atoms with Crippen molar-refractivity contribution in [3.63, 3.8) is 0 Å². The second-order valence-corrected chi connectivity index (χ2v) is 6.19. The zero-order chi connectivity index (χ0) is 17.1. The third kappa shape index (κ3) is 3.18. The molecule has 1 unspecified atom stereocenters. The fourth-order valence-electron chi connectivity index (χ4n) is 3.29. The third-order valence-electron chi connectivity index (χ3n) is 4.56. The first kappa shape index (κ1) is 16.2. The summed E-state index contributed by atoms with van der Waals surface area (Å²) in [5.41, 5.74) is 4.18. The van der Waals surface area contributed by atoms with Gasteiger partial charge in [0.1, 0.15) is 0 Å². The lowest BCUT2D eigenvalue weighted by Gasteiger charge is -2.36. The number of benzene rings is 2. The van der Waals surface area contributed by atoms with Crippen LogP contribution in [0.2, 0.25) is 0 Å². The molecule has 0 bridgehead atoms.